The summed E-state index contributed by atoms with van der Waals surface area (Å²) < 4.78 is 0. The van der Waals surface area contributed by atoms with Crippen LogP contribution in [0.2, 0.25) is 0 Å². The molecule has 1 N–H and O–H groups in total. The predicted molar refractivity (Wildman–Crippen MR) is 120 cm³/mol. The van der Waals surface area contributed by atoms with Gasteiger partial charge >= 0.3 is 0 Å². The first kappa shape index (κ1) is 25.0. The molecule has 1 atom stereocenters. The van der Waals surface area contributed by atoms with Crippen molar-refractivity contribution in [2.45, 2.75) is 154 Å². The molecule has 0 aliphatic heterocycles. The second-order valence-electron chi connectivity index (χ2n) is 9.45. The Morgan fingerprint density at radius 3 is 1.33 bits per heavy atom. The highest BCUT2D eigenvalue weighted by molar-refractivity contribution is 4.82. The number of nitrogens with one attached hydrogen (secondary N) is 1. The fourth-order valence-electron chi connectivity index (χ4n) is 5.02. The van der Waals surface area contributed by atoms with E-state index >= 15 is 0 Å². The molecule has 0 amide bonds. The van der Waals surface area contributed by atoms with E-state index in [1.165, 1.54) is 141 Å². The molecule has 1 saturated carbocycles. The van der Waals surface area contributed by atoms with Crippen LogP contribution in [0.15, 0.2) is 0 Å². The normalized spacial score (nSPS) is 17.9. The van der Waals surface area contributed by atoms with Gasteiger partial charge in [0, 0.05) is 19.3 Å². The Kier molecular flexibility index (Phi) is 15.6. The minimum atomic E-state index is 0.0776. The molecule has 0 radical (unpaired) electrons. The standard InChI is InChI=1S/C25H51NO/c1-3-4-5-6-7-8-9-10-11-12-13-14-15-16-17-19-22-25(26(2)27)23-20-18-21-24-25/h26H,3-24H2,1-2H3. The maximum Gasteiger partial charge on any atom is 0.0971 e. The van der Waals surface area contributed by atoms with Crippen molar-refractivity contribution in [3.63, 3.8) is 0 Å². The van der Waals surface area contributed by atoms with Gasteiger partial charge in [-0.2, -0.15) is 0 Å². The molecule has 2 heteroatoms. The summed E-state index contributed by atoms with van der Waals surface area (Å²) in [5.41, 5.74) is 0.0776. The third-order valence-electron chi connectivity index (χ3n) is 7.07. The Hall–Kier alpha value is -0.0800. The van der Waals surface area contributed by atoms with Gasteiger partial charge in [-0.05, 0) is 19.3 Å². The summed E-state index contributed by atoms with van der Waals surface area (Å²) in [4.78, 5) is 0. The van der Waals surface area contributed by atoms with Crippen LogP contribution in [-0.2, 0) is 0 Å². The number of rotatable bonds is 18. The lowest BCUT2D eigenvalue weighted by molar-refractivity contribution is -0.888. The molecule has 2 nitrogen and oxygen atoms in total. The first-order valence-corrected chi connectivity index (χ1v) is 12.7. The molecular weight excluding hydrogens is 330 g/mol. The lowest BCUT2D eigenvalue weighted by Crippen LogP contribution is -3.13. The molecule has 0 aromatic rings. The second-order valence-corrected chi connectivity index (χ2v) is 9.45. The number of hydrogen-bond donors (Lipinski definition) is 1. The van der Waals surface area contributed by atoms with Crippen molar-refractivity contribution in [2.75, 3.05) is 7.05 Å². The number of hydrogen-bond acceptors (Lipinski definition) is 1. The lowest BCUT2D eigenvalue weighted by Gasteiger charge is -2.44. The van der Waals surface area contributed by atoms with Crippen LogP contribution >= 0.6 is 0 Å². The van der Waals surface area contributed by atoms with Crippen molar-refractivity contribution in [3.8, 4) is 0 Å². The van der Waals surface area contributed by atoms with Gasteiger partial charge < -0.3 is 10.3 Å². The largest absolute Gasteiger partial charge is 0.634 e. The predicted octanol–water partition coefficient (Wildman–Crippen LogP) is 7.35. The highest BCUT2D eigenvalue weighted by Crippen LogP contribution is 2.30. The molecule has 27 heavy (non-hydrogen) atoms. The Bertz CT molecular complexity index is 309. The zero-order chi connectivity index (χ0) is 19.6. The van der Waals surface area contributed by atoms with Crippen LogP contribution in [0.4, 0.5) is 0 Å². The lowest BCUT2D eigenvalue weighted by atomic mass is 9.78. The topological polar surface area (TPSA) is 27.5 Å². The first-order chi connectivity index (χ1) is 13.2. The van der Waals surface area contributed by atoms with E-state index in [4.69, 9.17) is 0 Å². The molecule has 1 aliphatic carbocycles. The van der Waals surface area contributed by atoms with Gasteiger partial charge in [-0.25, -0.2) is 0 Å². The van der Waals surface area contributed by atoms with E-state index in [1.54, 1.807) is 0 Å². The van der Waals surface area contributed by atoms with Crippen LogP contribution in [0.5, 0.6) is 0 Å². The van der Waals surface area contributed by atoms with E-state index in [-0.39, 0.29) is 5.54 Å². The summed E-state index contributed by atoms with van der Waals surface area (Å²) in [6.45, 7) is 2.29. The molecule has 1 aliphatic rings. The summed E-state index contributed by atoms with van der Waals surface area (Å²) in [5.74, 6) is 0. The zero-order valence-electron chi connectivity index (χ0n) is 19.0. The monoisotopic (exact) mass is 381 g/mol. The maximum absolute atomic E-state index is 12.1. The summed E-state index contributed by atoms with van der Waals surface area (Å²) in [6, 6.07) is 0. The number of unbranched alkanes of at least 4 members (excludes halogenated alkanes) is 15. The van der Waals surface area contributed by atoms with Gasteiger partial charge in [0.15, 0.2) is 0 Å². The highest BCUT2D eigenvalue weighted by atomic mass is 16.5. The average molecular weight is 382 g/mol. The van der Waals surface area contributed by atoms with Gasteiger partial charge in [0.2, 0.25) is 0 Å². The summed E-state index contributed by atoms with van der Waals surface area (Å²) in [7, 11) is 1.85. The van der Waals surface area contributed by atoms with Crippen LogP contribution in [-0.4, -0.2) is 12.6 Å². The molecule has 1 unspecified atom stereocenters. The van der Waals surface area contributed by atoms with E-state index in [9.17, 15) is 5.21 Å². The summed E-state index contributed by atoms with van der Waals surface area (Å²) in [6.07, 6.45) is 30.1. The van der Waals surface area contributed by atoms with E-state index in [0.29, 0.717) is 5.06 Å². The molecule has 0 saturated heterocycles. The van der Waals surface area contributed by atoms with Crippen LogP contribution in [0.3, 0.4) is 0 Å². The van der Waals surface area contributed by atoms with E-state index in [2.05, 4.69) is 6.92 Å². The number of quaternary nitrogens is 1. The quantitative estimate of drug-likeness (QED) is 0.195. The van der Waals surface area contributed by atoms with Crippen molar-refractivity contribution in [3.05, 3.63) is 5.21 Å². The molecule has 0 bridgehead atoms. The minimum absolute atomic E-state index is 0.0776. The van der Waals surface area contributed by atoms with Crippen molar-refractivity contribution in [1.29, 1.82) is 0 Å². The van der Waals surface area contributed by atoms with Crippen LogP contribution < -0.4 is 5.06 Å². The minimum Gasteiger partial charge on any atom is -0.634 e. The Labute approximate surface area is 171 Å². The molecule has 0 aromatic heterocycles. The molecule has 1 rings (SSSR count). The van der Waals surface area contributed by atoms with Gasteiger partial charge in [0.05, 0.1) is 12.6 Å². The Morgan fingerprint density at radius 2 is 0.963 bits per heavy atom. The van der Waals surface area contributed by atoms with Gasteiger partial charge in [-0.1, -0.05) is 110 Å². The van der Waals surface area contributed by atoms with Crippen LogP contribution in [0.1, 0.15) is 148 Å². The molecule has 1 fully saturated rings. The van der Waals surface area contributed by atoms with Crippen molar-refractivity contribution < 1.29 is 5.06 Å². The molecule has 0 heterocycles. The van der Waals surface area contributed by atoms with Gasteiger partial charge in [0.25, 0.3) is 0 Å². The van der Waals surface area contributed by atoms with Gasteiger partial charge in [0.1, 0.15) is 0 Å². The molecule has 0 aromatic carbocycles. The smallest absolute Gasteiger partial charge is 0.0971 e. The first-order valence-electron chi connectivity index (χ1n) is 12.7. The van der Waals surface area contributed by atoms with Crippen LogP contribution in [0, 0.1) is 5.21 Å². The Balaban J connectivity index is 1.82. The van der Waals surface area contributed by atoms with E-state index in [1.807, 2.05) is 7.05 Å². The van der Waals surface area contributed by atoms with E-state index < -0.39 is 0 Å². The zero-order valence-corrected chi connectivity index (χ0v) is 19.0. The van der Waals surface area contributed by atoms with Crippen molar-refractivity contribution in [2.24, 2.45) is 0 Å². The number of hydroxylamine groups is 2. The fraction of sp³-hybridized carbons (Fsp3) is 1.00. The van der Waals surface area contributed by atoms with Crippen molar-refractivity contribution >= 4 is 0 Å². The average Bonchev–Trinajstić information content (AvgIpc) is 2.68. The fourth-order valence-corrected chi connectivity index (χ4v) is 5.02. The second kappa shape index (κ2) is 16.8. The molecule has 162 valence electrons. The molecule has 0 spiro atoms. The Morgan fingerprint density at radius 1 is 0.593 bits per heavy atom. The highest BCUT2D eigenvalue weighted by Gasteiger charge is 2.35. The third kappa shape index (κ3) is 12.2. The van der Waals surface area contributed by atoms with Gasteiger partial charge in [-0.15, -0.1) is 0 Å². The SMILES string of the molecule is CCCCCCCCCCCCCCCCCCC1([NH+](C)[O-])CCCCC1. The van der Waals surface area contributed by atoms with Crippen LogP contribution in [0.25, 0.3) is 0 Å². The summed E-state index contributed by atoms with van der Waals surface area (Å²) >= 11 is 0. The van der Waals surface area contributed by atoms with E-state index in [0.717, 1.165) is 0 Å². The summed E-state index contributed by atoms with van der Waals surface area (Å²) in [5, 5.41) is 12.6. The van der Waals surface area contributed by atoms with Crippen molar-refractivity contribution in [1.82, 2.24) is 0 Å². The maximum atomic E-state index is 12.1. The third-order valence-corrected chi connectivity index (χ3v) is 7.07. The molecular formula is C25H51NO. The van der Waals surface area contributed by atoms with Gasteiger partial charge in [-0.3, -0.25) is 0 Å².